The first-order valence-electron chi connectivity index (χ1n) is 10.9. The summed E-state index contributed by atoms with van der Waals surface area (Å²) in [7, 11) is 3.19. The molecule has 3 rings (SSSR count). The number of anilines is 1. The van der Waals surface area contributed by atoms with E-state index in [9.17, 15) is 9.59 Å². The van der Waals surface area contributed by atoms with Gasteiger partial charge in [0.15, 0.2) is 11.5 Å². The van der Waals surface area contributed by atoms with Crippen molar-refractivity contribution >= 4 is 40.1 Å². The Morgan fingerprint density at radius 3 is 2.65 bits per heavy atom. The topological polar surface area (TPSA) is 98.3 Å². The highest BCUT2D eigenvalue weighted by Crippen LogP contribution is 2.31. The van der Waals surface area contributed by atoms with Gasteiger partial charge in [-0.25, -0.2) is 4.99 Å². The standard InChI is InChI=1S/C25H29N3O5S/c1-4-33-25(30)15-18-14-24(28-20-8-6-5-7-19(20)27-18)34-16-23(29)26-12-11-17-9-10-21(31-2)22(13-17)32-3/h5-10,13-14,27H,4,11-12,15-16H2,1-3H3,(H,26,29). The van der Waals surface area contributed by atoms with Crippen molar-refractivity contribution in [3.8, 4) is 11.5 Å². The zero-order chi connectivity index (χ0) is 24.3. The number of thioether (sulfide) groups is 1. The Morgan fingerprint density at radius 2 is 1.88 bits per heavy atom. The van der Waals surface area contributed by atoms with Crippen molar-refractivity contribution in [2.24, 2.45) is 4.99 Å². The number of hydrogen-bond acceptors (Lipinski definition) is 8. The first kappa shape index (κ1) is 25.2. The van der Waals surface area contributed by atoms with E-state index in [4.69, 9.17) is 14.2 Å². The van der Waals surface area contributed by atoms with Crippen LogP contribution in [-0.2, 0) is 20.7 Å². The molecule has 1 aliphatic heterocycles. The van der Waals surface area contributed by atoms with Gasteiger partial charge in [0.05, 0.1) is 49.4 Å². The van der Waals surface area contributed by atoms with E-state index in [0.29, 0.717) is 41.8 Å². The summed E-state index contributed by atoms with van der Waals surface area (Å²) < 4.78 is 15.6. The van der Waals surface area contributed by atoms with Crippen molar-refractivity contribution < 1.29 is 23.8 Å². The highest BCUT2D eigenvalue weighted by atomic mass is 32.2. The van der Waals surface area contributed by atoms with Crippen LogP contribution in [0.5, 0.6) is 11.5 Å². The van der Waals surface area contributed by atoms with Gasteiger partial charge in [0, 0.05) is 12.2 Å². The van der Waals surface area contributed by atoms with Crippen LogP contribution in [0, 0.1) is 0 Å². The molecule has 1 heterocycles. The number of rotatable bonds is 10. The largest absolute Gasteiger partial charge is 0.493 e. The number of aliphatic imine (C=N–C) groups is 1. The van der Waals surface area contributed by atoms with Crippen LogP contribution in [0.3, 0.4) is 0 Å². The van der Waals surface area contributed by atoms with Crippen LogP contribution in [0.2, 0.25) is 0 Å². The predicted octanol–water partition coefficient (Wildman–Crippen LogP) is 4.09. The molecule has 8 nitrogen and oxygen atoms in total. The molecule has 34 heavy (non-hydrogen) atoms. The van der Waals surface area contributed by atoms with E-state index >= 15 is 0 Å². The van der Waals surface area contributed by atoms with E-state index in [1.807, 2.05) is 42.5 Å². The fourth-order valence-corrected chi connectivity index (χ4v) is 4.07. The molecule has 2 N–H and O–H groups in total. The lowest BCUT2D eigenvalue weighted by Gasteiger charge is -2.10. The summed E-state index contributed by atoms with van der Waals surface area (Å²) in [6, 6.07) is 13.3. The molecule has 0 aromatic heterocycles. The third-order valence-electron chi connectivity index (χ3n) is 4.90. The number of nitrogens with one attached hydrogen (secondary N) is 2. The number of esters is 1. The van der Waals surface area contributed by atoms with E-state index in [2.05, 4.69) is 15.6 Å². The zero-order valence-electron chi connectivity index (χ0n) is 19.6. The van der Waals surface area contributed by atoms with Crippen molar-refractivity contribution in [1.29, 1.82) is 0 Å². The molecule has 9 heteroatoms. The van der Waals surface area contributed by atoms with Crippen LogP contribution < -0.4 is 20.1 Å². The van der Waals surface area contributed by atoms with Crippen molar-refractivity contribution in [3.63, 3.8) is 0 Å². The lowest BCUT2D eigenvalue weighted by atomic mass is 10.1. The van der Waals surface area contributed by atoms with Crippen molar-refractivity contribution in [3.05, 3.63) is 59.8 Å². The van der Waals surface area contributed by atoms with Gasteiger partial charge in [0.2, 0.25) is 5.91 Å². The highest BCUT2D eigenvalue weighted by Gasteiger charge is 2.15. The molecule has 0 saturated heterocycles. The second-order valence-corrected chi connectivity index (χ2v) is 8.32. The normalized spacial score (nSPS) is 12.3. The van der Waals surface area contributed by atoms with Gasteiger partial charge in [-0.05, 0) is 49.2 Å². The Kier molecular flexibility index (Phi) is 9.40. The van der Waals surface area contributed by atoms with E-state index in [1.54, 1.807) is 27.2 Å². The van der Waals surface area contributed by atoms with Crippen molar-refractivity contribution in [2.45, 2.75) is 19.8 Å². The molecule has 1 amide bonds. The summed E-state index contributed by atoms with van der Waals surface area (Å²) in [5.74, 6) is 1.11. The molecule has 0 atom stereocenters. The Labute approximate surface area is 203 Å². The lowest BCUT2D eigenvalue weighted by Crippen LogP contribution is -2.27. The Hall–Kier alpha value is -3.46. The van der Waals surface area contributed by atoms with Crippen LogP contribution in [-0.4, -0.2) is 50.0 Å². The Morgan fingerprint density at radius 1 is 1.09 bits per heavy atom. The summed E-state index contributed by atoms with van der Waals surface area (Å²) in [6.45, 7) is 2.59. The smallest absolute Gasteiger partial charge is 0.311 e. The minimum absolute atomic E-state index is 0.0965. The second-order valence-electron chi connectivity index (χ2n) is 7.32. The molecule has 0 fully saturated rings. The first-order chi connectivity index (χ1) is 16.5. The number of nitrogens with zero attached hydrogens (tertiary/aromatic N) is 1. The second kappa shape index (κ2) is 12.7. The summed E-state index contributed by atoms with van der Waals surface area (Å²) in [5, 5.41) is 6.83. The van der Waals surface area contributed by atoms with Crippen LogP contribution in [0.15, 0.2) is 59.2 Å². The van der Waals surface area contributed by atoms with Gasteiger partial charge in [-0.15, -0.1) is 0 Å². The van der Waals surface area contributed by atoms with Crippen LogP contribution >= 0.6 is 11.8 Å². The first-order valence-corrected chi connectivity index (χ1v) is 11.9. The predicted molar refractivity (Wildman–Crippen MR) is 135 cm³/mol. The van der Waals surface area contributed by atoms with Gasteiger partial charge in [0.1, 0.15) is 0 Å². The van der Waals surface area contributed by atoms with Gasteiger partial charge in [-0.2, -0.15) is 0 Å². The number of benzene rings is 2. The number of carbonyl (C=O) groups excluding carboxylic acids is 2. The van der Waals surface area contributed by atoms with E-state index in [0.717, 1.165) is 16.9 Å². The molecule has 0 saturated carbocycles. The molecule has 2 aromatic carbocycles. The third kappa shape index (κ3) is 7.28. The van der Waals surface area contributed by atoms with Gasteiger partial charge in [-0.3, -0.25) is 9.59 Å². The molecular formula is C25H29N3O5S. The molecule has 0 aliphatic carbocycles. The maximum atomic E-state index is 12.4. The Bertz CT molecular complexity index is 1080. The number of methoxy groups -OCH3 is 2. The average Bonchev–Trinajstić information content (AvgIpc) is 3.01. The van der Waals surface area contributed by atoms with E-state index in [1.165, 1.54) is 11.8 Å². The highest BCUT2D eigenvalue weighted by molar-refractivity contribution is 8.14. The van der Waals surface area contributed by atoms with Crippen molar-refractivity contribution in [1.82, 2.24) is 5.32 Å². The monoisotopic (exact) mass is 483 g/mol. The summed E-state index contributed by atoms with van der Waals surface area (Å²) in [4.78, 5) is 29.1. The SMILES string of the molecule is CCOC(=O)CC1=CC(SCC(=O)NCCc2ccc(OC)c(OC)c2)=Nc2ccccc2N1. The molecule has 0 radical (unpaired) electrons. The molecule has 0 bridgehead atoms. The summed E-state index contributed by atoms with van der Waals surface area (Å²) in [6.07, 6.45) is 2.55. The molecule has 2 aromatic rings. The number of amides is 1. The Balaban J connectivity index is 1.57. The number of fused-ring (bicyclic) bond motifs is 1. The summed E-state index contributed by atoms with van der Waals surface area (Å²) in [5.41, 5.74) is 3.25. The minimum Gasteiger partial charge on any atom is -0.493 e. The van der Waals surface area contributed by atoms with Gasteiger partial charge >= 0.3 is 5.97 Å². The number of para-hydroxylation sites is 2. The zero-order valence-corrected chi connectivity index (χ0v) is 20.4. The molecule has 180 valence electrons. The number of hydrogen-bond donors (Lipinski definition) is 2. The molecule has 0 spiro atoms. The van der Waals surface area contributed by atoms with Gasteiger partial charge in [-0.1, -0.05) is 30.0 Å². The maximum Gasteiger partial charge on any atom is 0.311 e. The van der Waals surface area contributed by atoms with Gasteiger partial charge in [0.25, 0.3) is 0 Å². The van der Waals surface area contributed by atoms with Crippen LogP contribution in [0.1, 0.15) is 18.9 Å². The van der Waals surface area contributed by atoms with Crippen molar-refractivity contribution in [2.75, 3.05) is 38.4 Å². The quantitative estimate of drug-likeness (QED) is 0.491. The van der Waals surface area contributed by atoms with E-state index < -0.39 is 0 Å². The number of ether oxygens (including phenoxy) is 3. The fourth-order valence-electron chi connectivity index (χ4n) is 3.30. The summed E-state index contributed by atoms with van der Waals surface area (Å²) >= 11 is 1.32. The van der Waals surface area contributed by atoms with Gasteiger partial charge < -0.3 is 24.8 Å². The molecule has 0 unspecified atom stereocenters. The minimum atomic E-state index is -0.321. The number of carbonyl (C=O) groups is 2. The van der Waals surface area contributed by atoms with E-state index in [-0.39, 0.29) is 24.1 Å². The van der Waals surface area contributed by atoms with Crippen LogP contribution in [0.25, 0.3) is 0 Å². The molecule has 1 aliphatic rings. The molecular weight excluding hydrogens is 454 g/mol. The maximum absolute atomic E-state index is 12.4. The average molecular weight is 484 g/mol. The third-order valence-corrected chi connectivity index (χ3v) is 5.81. The fraction of sp³-hybridized carbons (Fsp3) is 0.320. The van der Waals surface area contributed by atoms with Crippen LogP contribution in [0.4, 0.5) is 11.4 Å². The lowest BCUT2D eigenvalue weighted by molar-refractivity contribution is -0.142.